The molecule has 1 rings (SSSR count). The molecule has 1 aliphatic heterocycles. The maximum absolute atomic E-state index is 12.0. The molecule has 94 valence electrons. The number of amides is 1. The van der Waals surface area contributed by atoms with Crippen LogP contribution in [0.15, 0.2) is 0 Å². The zero-order valence-electron chi connectivity index (χ0n) is 10.3. The Morgan fingerprint density at radius 2 is 2.06 bits per heavy atom. The Balaban J connectivity index is 2.45. The van der Waals surface area contributed by atoms with Crippen LogP contribution in [0.5, 0.6) is 0 Å². The number of thioether (sulfide) groups is 1. The molecule has 5 heteroatoms. The maximum atomic E-state index is 12.0. The Hall–Kier alpha value is -0.260. The van der Waals surface area contributed by atoms with Gasteiger partial charge in [0, 0.05) is 24.5 Å². The van der Waals surface area contributed by atoms with Gasteiger partial charge in [-0.25, -0.2) is 0 Å². The van der Waals surface area contributed by atoms with E-state index in [1.165, 1.54) is 0 Å². The van der Waals surface area contributed by atoms with Crippen LogP contribution in [0.2, 0.25) is 0 Å². The highest BCUT2D eigenvalue weighted by molar-refractivity contribution is 7.99. The monoisotopic (exact) mass is 246 g/mol. The zero-order chi connectivity index (χ0) is 12.2. The second kappa shape index (κ2) is 5.38. The Bertz CT molecular complexity index is 250. The first kappa shape index (κ1) is 13.8. The number of nitrogens with two attached hydrogens (primary N) is 1. The number of carbonyl (C=O) groups excluding carboxylic acids is 1. The molecule has 0 aromatic heterocycles. The van der Waals surface area contributed by atoms with Crippen molar-refractivity contribution in [3.63, 3.8) is 0 Å². The minimum Gasteiger partial charge on any atom is -0.381 e. The second-order valence-corrected chi connectivity index (χ2v) is 6.43. The molecule has 0 saturated carbocycles. The summed E-state index contributed by atoms with van der Waals surface area (Å²) in [5.74, 6) is -0.0436. The van der Waals surface area contributed by atoms with Gasteiger partial charge in [-0.2, -0.15) is 11.8 Å². The van der Waals surface area contributed by atoms with Crippen LogP contribution in [-0.4, -0.2) is 42.2 Å². The standard InChI is InChI=1S/C11H22N2O2S/c1-10(2,16-3)8-13-9(14)11(12)4-6-15-7-5-11/h4-8,12H2,1-3H3,(H,13,14). The highest BCUT2D eigenvalue weighted by atomic mass is 32.2. The van der Waals surface area contributed by atoms with E-state index >= 15 is 0 Å². The first-order valence-corrected chi connectivity index (χ1v) is 6.82. The normalized spacial score (nSPS) is 20.5. The number of ether oxygens (including phenoxy) is 1. The number of nitrogens with one attached hydrogen (secondary N) is 1. The summed E-state index contributed by atoms with van der Waals surface area (Å²) in [5.41, 5.74) is 5.35. The van der Waals surface area contributed by atoms with Gasteiger partial charge in [-0.3, -0.25) is 4.79 Å². The van der Waals surface area contributed by atoms with Crippen molar-refractivity contribution in [3.05, 3.63) is 0 Å². The average molecular weight is 246 g/mol. The quantitative estimate of drug-likeness (QED) is 0.768. The molecule has 0 radical (unpaired) electrons. The first-order valence-electron chi connectivity index (χ1n) is 5.60. The lowest BCUT2D eigenvalue weighted by atomic mass is 9.90. The molecule has 1 saturated heterocycles. The molecular weight excluding hydrogens is 224 g/mol. The van der Waals surface area contributed by atoms with Gasteiger partial charge < -0.3 is 15.8 Å². The van der Waals surface area contributed by atoms with E-state index in [1.54, 1.807) is 11.8 Å². The van der Waals surface area contributed by atoms with Gasteiger partial charge in [0.15, 0.2) is 0 Å². The summed E-state index contributed by atoms with van der Waals surface area (Å²) in [4.78, 5) is 12.0. The second-order valence-electron chi connectivity index (χ2n) is 4.92. The third-order valence-corrected chi connectivity index (χ3v) is 4.31. The van der Waals surface area contributed by atoms with Crippen molar-refractivity contribution < 1.29 is 9.53 Å². The maximum Gasteiger partial charge on any atom is 0.240 e. The smallest absolute Gasteiger partial charge is 0.240 e. The fourth-order valence-electron chi connectivity index (χ4n) is 1.50. The van der Waals surface area contributed by atoms with Gasteiger partial charge in [-0.1, -0.05) is 0 Å². The van der Waals surface area contributed by atoms with Crippen molar-refractivity contribution in [2.45, 2.75) is 37.0 Å². The molecule has 0 aromatic rings. The summed E-state index contributed by atoms with van der Waals surface area (Å²) in [5, 5.41) is 2.94. The van der Waals surface area contributed by atoms with Crippen molar-refractivity contribution in [2.75, 3.05) is 26.0 Å². The van der Waals surface area contributed by atoms with Crippen LogP contribution in [0.3, 0.4) is 0 Å². The van der Waals surface area contributed by atoms with Crippen LogP contribution in [0.4, 0.5) is 0 Å². The SMILES string of the molecule is CSC(C)(C)CNC(=O)C1(N)CCOCC1. The molecule has 0 aromatic carbocycles. The topological polar surface area (TPSA) is 64.4 Å². The van der Waals surface area contributed by atoms with Gasteiger partial charge in [0.2, 0.25) is 5.91 Å². The lowest BCUT2D eigenvalue weighted by Crippen LogP contribution is -2.58. The van der Waals surface area contributed by atoms with Gasteiger partial charge in [0.05, 0.1) is 5.54 Å². The van der Waals surface area contributed by atoms with Crippen LogP contribution >= 0.6 is 11.8 Å². The summed E-state index contributed by atoms with van der Waals surface area (Å²) >= 11 is 1.73. The molecule has 0 aliphatic carbocycles. The zero-order valence-corrected chi connectivity index (χ0v) is 11.2. The van der Waals surface area contributed by atoms with Gasteiger partial charge in [-0.15, -0.1) is 0 Å². The van der Waals surface area contributed by atoms with E-state index in [0.29, 0.717) is 32.6 Å². The summed E-state index contributed by atoms with van der Waals surface area (Å²) < 4.78 is 5.27. The number of hydrogen-bond acceptors (Lipinski definition) is 4. The number of hydrogen-bond donors (Lipinski definition) is 2. The van der Waals surface area contributed by atoms with E-state index in [1.807, 2.05) is 6.26 Å². The highest BCUT2D eigenvalue weighted by Gasteiger charge is 2.36. The van der Waals surface area contributed by atoms with Crippen molar-refractivity contribution in [3.8, 4) is 0 Å². The summed E-state index contributed by atoms with van der Waals surface area (Å²) in [6.45, 7) is 6.01. The Morgan fingerprint density at radius 3 is 2.56 bits per heavy atom. The molecule has 1 heterocycles. The molecule has 0 unspecified atom stereocenters. The summed E-state index contributed by atoms with van der Waals surface area (Å²) in [7, 11) is 0. The largest absolute Gasteiger partial charge is 0.381 e. The van der Waals surface area contributed by atoms with Gasteiger partial charge >= 0.3 is 0 Å². The van der Waals surface area contributed by atoms with Crippen molar-refractivity contribution in [2.24, 2.45) is 5.73 Å². The third-order valence-electron chi connectivity index (χ3n) is 3.06. The first-order chi connectivity index (χ1) is 7.40. The van der Waals surface area contributed by atoms with Crippen LogP contribution in [0.25, 0.3) is 0 Å². The molecule has 0 spiro atoms. The molecule has 1 aliphatic rings. The van der Waals surface area contributed by atoms with E-state index in [9.17, 15) is 4.79 Å². The molecule has 0 atom stereocenters. The Labute approximate surface area is 102 Å². The minimum atomic E-state index is -0.729. The Kier molecular flexibility index (Phi) is 4.64. The van der Waals surface area contributed by atoms with E-state index in [-0.39, 0.29) is 10.7 Å². The van der Waals surface area contributed by atoms with Gasteiger partial charge in [0.1, 0.15) is 0 Å². The number of rotatable bonds is 4. The van der Waals surface area contributed by atoms with E-state index in [4.69, 9.17) is 10.5 Å². The fraction of sp³-hybridized carbons (Fsp3) is 0.909. The van der Waals surface area contributed by atoms with Crippen LogP contribution in [0.1, 0.15) is 26.7 Å². The summed E-state index contributed by atoms with van der Waals surface area (Å²) in [6, 6.07) is 0. The molecule has 0 bridgehead atoms. The molecule has 4 nitrogen and oxygen atoms in total. The fourth-order valence-corrected chi connectivity index (χ4v) is 1.72. The predicted octanol–water partition coefficient (Wildman–Crippen LogP) is 0.752. The molecule has 16 heavy (non-hydrogen) atoms. The predicted molar refractivity (Wildman–Crippen MR) is 67.6 cm³/mol. The van der Waals surface area contributed by atoms with Crippen LogP contribution in [0, 0.1) is 0 Å². The van der Waals surface area contributed by atoms with Gasteiger partial charge in [0.25, 0.3) is 0 Å². The average Bonchev–Trinajstić information content (AvgIpc) is 2.27. The molecular formula is C11H22N2O2S. The van der Waals surface area contributed by atoms with Crippen LogP contribution < -0.4 is 11.1 Å². The van der Waals surface area contributed by atoms with Crippen molar-refractivity contribution in [1.29, 1.82) is 0 Å². The molecule has 1 fully saturated rings. The summed E-state index contributed by atoms with van der Waals surface area (Å²) in [6.07, 6.45) is 3.26. The van der Waals surface area contributed by atoms with E-state index in [2.05, 4.69) is 19.2 Å². The lowest BCUT2D eigenvalue weighted by Gasteiger charge is -2.33. The minimum absolute atomic E-state index is 0.0436. The lowest BCUT2D eigenvalue weighted by molar-refractivity contribution is -0.129. The molecule has 3 N–H and O–H groups in total. The van der Waals surface area contributed by atoms with E-state index in [0.717, 1.165) is 0 Å². The Morgan fingerprint density at radius 1 is 1.50 bits per heavy atom. The third kappa shape index (κ3) is 3.64. The van der Waals surface area contributed by atoms with E-state index < -0.39 is 5.54 Å². The molecule has 1 amide bonds. The van der Waals surface area contributed by atoms with Crippen LogP contribution in [-0.2, 0) is 9.53 Å². The highest BCUT2D eigenvalue weighted by Crippen LogP contribution is 2.21. The van der Waals surface area contributed by atoms with Crippen molar-refractivity contribution >= 4 is 17.7 Å². The number of carbonyl (C=O) groups is 1. The van der Waals surface area contributed by atoms with Gasteiger partial charge in [-0.05, 0) is 32.9 Å². The van der Waals surface area contributed by atoms with Crippen molar-refractivity contribution in [1.82, 2.24) is 5.32 Å².